The smallest absolute Gasteiger partial charge is 0.127 e. The minimum Gasteiger partial charge on any atom is -0.366 e. The number of pyridine rings is 1. The summed E-state index contributed by atoms with van der Waals surface area (Å²) in [6, 6.07) is 11.5. The molecule has 5 heteroatoms. The molecule has 0 saturated heterocycles. The average Bonchev–Trinajstić information content (AvgIpc) is 2.37. The fourth-order valence-corrected chi connectivity index (χ4v) is 2.35. The van der Waals surface area contributed by atoms with Gasteiger partial charge in [0.05, 0.1) is 0 Å². The van der Waals surface area contributed by atoms with Gasteiger partial charge in [0.15, 0.2) is 0 Å². The molecule has 1 atom stereocenters. The summed E-state index contributed by atoms with van der Waals surface area (Å²) >= 11 is 3.40. The summed E-state index contributed by atoms with van der Waals surface area (Å²) in [5, 5.41) is 3.23. The summed E-state index contributed by atoms with van der Waals surface area (Å²) in [5.41, 5.74) is 1.13. The van der Waals surface area contributed by atoms with Gasteiger partial charge in [0.1, 0.15) is 5.82 Å². The molecule has 1 aromatic carbocycles. The summed E-state index contributed by atoms with van der Waals surface area (Å²) < 4.78 is 12.3. The summed E-state index contributed by atoms with van der Waals surface area (Å²) in [6.45, 7) is 0.695. The Morgan fingerprint density at radius 2 is 2.00 bits per heavy atom. The first kappa shape index (κ1) is 13.2. The molecule has 1 unspecified atom stereocenters. The number of benzene rings is 1. The molecule has 3 nitrogen and oxygen atoms in total. The van der Waals surface area contributed by atoms with Crippen LogP contribution in [0.15, 0.2) is 52.0 Å². The van der Waals surface area contributed by atoms with Gasteiger partial charge in [-0.1, -0.05) is 28.1 Å². The fraction of sp³-hybridized carbons (Fsp3) is 0.154. The highest BCUT2D eigenvalue weighted by atomic mass is 79.9. The minimum absolute atomic E-state index is 0.695. The van der Waals surface area contributed by atoms with Crippen molar-refractivity contribution in [1.29, 1.82) is 0 Å². The lowest BCUT2D eigenvalue weighted by atomic mass is 10.2. The normalized spacial score (nSPS) is 12.1. The lowest BCUT2D eigenvalue weighted by Gasteiger charge is -2.06. The highest BCUT2D eigenvalue weighted by Crippen LogP contribution is 2.14. The van der Waals surface area contributed by atoms with Crippen molar-refractivity contribution in [3.8, 4) is 0 Å². The third kappa shape index (κ3) is 3.65. The highest BCUT2D eigenvalue weighted by molar-refractivity contribution is 9.10. The van der Waals surface area contributed by atoms with E-state index in [0.29, 0.717) is 6.54 Å². The van der Waals surface area contributed by atoms with Crippen molar-refractivity contribution < 1.29 is 4.21 Å². The molecule has 2 aromatic rings. The quantitative estimate of drug-likeness (QED) is 0.939. The van der Waals surface area contributed by atoms with Crippen LogP contribution in [0.4, 0.5) is 5.82 Å². The van der Waals surface area contributed by atoms with Crippen molar-refractivity contribution >= 4 is 32.5 Å². The van der Waals surface area contributed by atoms with Gasteiger partial charge in [0.25, 0.3) is 0 Å². The number of rotatable bonds is 4. The van der Waals surface area contributed by atoms with Gasteiger partial charge in [0.2, 0.25) is 0 Å². The number of hydrogen-bond donors (Lipinski definition) is 1. The average molecular weight is 325 g/mol. The summed E-state index contributed by atoms with van der Waals surface area (Å²) in [4.78, 5) is 5.06. The molecule has 1 aromatic heterocycles. The Bertz CT molecular complexity index is 557. The third-order valence-corrected chi connectivity index (χ3v) is 3.88. The third-order valence-electron chi connectivity index (χ3n) is 2.45. The van der Waals surface area contributed by atoms with Gasteiger partial charge in [-0.25, -0.2) is 4.98 Å². The molecule has 0 aliphatic heterocycles. The van der Waals surface area contributed by atoms with E-state index in [-0.39, 0.29) is 0 Å². The second kappa shape index (κ2) is 6.11. The van der Waals surface area contributed by atoms with Gasteiger partial charge in [-0.15, -0.1) is 0 Å². The molecule has 94 valence electrons. The second-order valence-corrected chi connectivity index (χ2v) is 6.11. The molecule has 0 aliphatic carbocycles. The van der Waals surface area contributed by atoms with Gasteiger partial charge < -0.3 is 5.32 Å². The van der Waals surface area contributed by atoms with Crippen molar-refractivity contribution in [1.82, 2.24) is 4.98 Å². The molecule has 1 N–H and O–H groups in total. The van der Waals surface area contributed by atoms with Crippen LogP contribution in [0.2, 0.25) is 0 Å². The molecule has 1 heterocycles. The maximum absolute atomic E-state index is 11.3. The number of nitrogens with one attached hydrogen (secondary N) is 1. The predicted molar refractivity (Wildman–Crippen MR) is 78.0 cm³/mol. The van der Waals surface area contributed by atoms with E-state index in [1.54, 1.807) is 12.5 Å². The van der Waals surface area contributed by atoms with Gasteiger partial charge in [-0.3, -0.25) is 4.21 Å². The highest BCUT2D eigenvalue weighted by Gasteiger charge is 1.99. The van der Waals surface area contributed by atoms with Crippen molar-refractivity contribution in [3.05, 3.63) is 52.6 Å². The molecule has 0 saturated carbocycles. The van der Waals surface area contributed by atoms with Crippen molar-refractivity contribution in [2.24, 2.45) is 0 Å². The Morgan fingerprint density at radius 1 is 1.28 bits per heavy atom. The Hall–Kier alpha value is -1.20. The molecule has 0 aliphatic rings. The first-order valence-electron chi connectivity index (χ1n) is 5.43. The van der Waals surface area contributed by atoms with Crippen molar-refractivity contribution in [2.45, 2.75) is 11.4 Å². The monoisotopic (exact) mass is 324 g/mol. The molecule has 0 radical (unpaired) electrons. The Labute approximate surface area is 117 Å². The molecule has 0 fully saturated rings. The van der Waals surface area contributed by atoms with Crippen LogP contribution in [-0.4, -0.2) is 15.4 Å². The number of hydrogen-bond acceptors (Lipinski definition) is 3. The molecule has 0 amide bonds. The molecule has 2 rings (SSSR count). The van der Waals surface area contributed by atoms with E-state index in [4.69, 9.17) is 0 Å². The van der Waals surface area contributed by atoms with E-state index < -0.39 is 10.8 Å². The zero-order valence-corrected chi connectivity index (χ0v) is 12.3. The van der Waals surface area contributed by atoms with Crippen LogP contribution in [0.25, 0.3) is 0 Å². The van der Waals surface area contributed by atoms with Gasteiger partial charge in [-0.2, -0.15) is 0 Å². The second-order valence-electron chi connectivity index (χ2n) is 3.81. The standard InChI is InChI=1S/C13H13BrN2OS/c1-18(17)12-4-2-10(3-5-12)9-16-13-8-11(14)6-7-15-13/h2-8H,9H2,1H3,(H,15,16). The zero-order valence-electron chi connectivity index (χ0n) is 9.89. The van der Waals surface area contributed by atoms with Crippen LogP contribution in [0, 0.1) is 0 Å². The number of anilines is 1. The van der Waals surface area contributed by atoms with Gasteiger partial charge >= 0.3 is 0 Å². The van der Waals surface area contributed by atoms with Crippen LogP contribution in [-0.2, 0) is 17.3 Å². The predicted octanol–water partition coefficient (Wildman–Crippen LogP) is 3.19. The van der Waals surface area contributed by atoms with Crippen molar-refractivity contribution in [2.75, 3.05) is 11.6 Å². The first-order chi connectivity index (χ1) is 8.65. The van der Waals surface area contributed by atoms with E-state index in [2.05, 4.69) is 26.2 Å². The van der Waals surface area contributed by atoms with Crippen LogP contribution in [0.5, 0.6) is 0 Å². The van der Waals surface area contributed by atoms with E-state index >= 15 is 0 Å². The van der Waals surface area contributed by atoms with Crippen LogP contribution in [0.1, 0.15) is 5.56 Å². The fourth-order valence-electron chi connectivity index (χ4n) is 1.49. The van der Waals surface area contributed by atoms with Crippen LogP contribution >= 0.6 is 15.9 Å². The SMILES string of the molecule is CS(=O)c1ccc(CNc2cc(Br)ccn2)cc1. The van der Waals surface area contributed by atoms with Crippen LogP contribution in [0.3, 0.4) is 0 Å². The summed E-state index contributed by atoms with van der Waals surface area (Å²) in [6.07, 6.45) is 3.43. The number of nitrogens with zero attached hydrogens (tertiary/aromatic N) is 1. The molecule has 18 heavy (non-hydrogen) atoms. The van der Waals surface area contributed by atoms with Crippen molar-refractivity contribution in [3.63, 3.8) is 0 Å². The van der Waals surface area contributed by atoms with Gasteiger partial charge in [-0.05, 0) is 29.8 Å². The summed E-state index contributed by atoms with van der Waals surface area (Å²) in [5.74, 6) is 0.826. The summed E-state index contributed by atoms with van der Waals surface area (Å²) in [7, 11) is -0.919. The number of aromatic nitrogens is 1. The van der Waals surface area contributed by atoms with Gasteiger partial charge in [0, 0.05) is 39.2 Å². The van der Waals surface area contributed by atoms with E-state index in [1.165, 1.54) is 0 Å². The lowest BCUT2D eigenvalue weighted by molar-refractivity contribution is 0.687. The Balaban J connectivity index is 2.00. The van der Waals surface area contributed by atoms with Crippen LogP contribution < -0.4 is 5.32 Å². The van der Waals surface area contributed by atoms with E-state index in [0.717, 1.165) is 20.7 Å². The molecule has 0 bridgehead atoms. The molecular formula is C13H13BrN2OS. The molecule has 0 spiro atoms. The van der Waals surface area contributed by atoms with E-state index in [1.807, 2.05) is 36.4 Å². The lowest BCUT2D eigenvalue weighted by Crippen LogP contribution is -2.01. The number of halogens is 1. The zero-order chi connectivity index (χ0) is 13.0. The Morgan fingerprint density at radius 3 is 2.61 bits per heavy atom. The molecular weight excluding hydrogens is 312 g/mol. The first-order valence-corrected chi connectivity index (χ1v) is 7.78. The minimum atomic E-state index is -0.919. The van der Waals surface area contributed by atoms with E-state index in [9.17, 15) is 4.21 Å². The topological polar surface area (TPSA) is 42.0 Å². The maximum atomic E-state index is 11.3. The largest absolute Gasteiger partial charge is 0.366 e. The maximum Gasteiger partial charge on any atom is 0.127 e. The Kier molecular flexibility index (Phi) is 4.49.